The number of nitrogens with two attached hydrogens (primary N) is 1. The zero-order chi connectivity index (χ0) is 21.9. The number of ether oxygens (including phenoxy) is 1. The Morgan fingerprint density at radius 1 is 1.13 bits per heavy atom. The Labute approximate surface area is 182 Å². The van der Waals surface area contributed by atoms with Crippen molar-refractivity contribution in [3.05, 3.63) is 23.0 Å². The number of nitrogens with one attached hydrogen (secondary N) is 1. The minimum atomic E-state index is -0.621. The van der Waals surface area contributed by atoms with Crippen LogP contribution in [0, 0.1) is 0 Å². The van der Waals surface area contributed by atoms with Crippen LogP contribution in [0.1, 0.15) is 91.3 Å². The Hall–Kier alpha value is -2.29. The standard InChI is InChI=1S/C21H33N5O3S/c1-4-5-6-7-8-9-10-11-12-13-15-14-16(24-23-15)20(27)26-18(22)17(21(28)29-2)19(25-26)30-3/h14H,4-13,22H2,1-3H3,(H,23,24). The first-order valence-electron chi connectivity index (χ1n) is 10.6. The molecule has 0 atom stereocenters. The Bertz CT molecular complexity index is 831. The molecule has 0 saturated heterocycles. The molecule has 0 bridgehead atoms. The highest BCUT2D eigenvalue weighted by Crippen LogP contribution is 2.26. The summed E-state index contributed by atoms with van der Waals surface area (Å²) in [6.45, 7) is 2.24. The van der Waals surface area contributed by atoms with Gasteiger partial charge in [-0.3, -0.25) is 9.89 Å². The van der Waals surface area contributed by atoms with E-state index >= 15 is 0 Å². The number of rotatable bonds is 13. The fourth-order valence-electron chi connectivity index (χ4n) is 3.34. The van der Waals surface area contributed by atoms with E-state index in [0.717, 1.165) is 23.2 Å². The number of aromatic amines is 1. The monoisotopic (exact) mass is 435 g/mol. The molecule has 0 aliphatic rings. The maximum Gasteiger partial charge on any atom is 0.344 e. The molecular formula is C21H33N5O3S. The summed E-state index contributed by atoms with van der Waals surface area (Å²) in [5.74, 6) is -1.14. The number of hydrogen-bond donors (Lipinski definition) is 2. The van der Waals surface area contributed by atoms with Gasteiger partial charge in [-0.1, -0.05) is 58.3 Å². The number of aromatic nitrogens is 4. The third kappa shape index (κ3) is 6.35. The van der Waals surface area contributed by atoms with Gasteiger partial charge >= 0.3 is 11.9 Å². The minimum Gasteiger partial charge on any atom is -0.465 e. The molecule has 2 aromatic heterocycles. The number of methoxy groups -OCH3 is 1. The molecule has 0 radical (unpaired) electrons. The largest absolute Gasteiger partial charge is 0.465 e. The fraction of sp³-hybridized carbons (Fsp3) is 0.619. The van der Waals surface area contributed by atoms with Gasteiger partial charge in [-0.15, -0.1) is 11.8 Å². The zero-order valence-electron chi connectivity index (χ0n) is 18.2. The second-order valence-corrected chi connectivity index (χ2v) is 8.13. The minimum absolute atomic E-state index is 0.0420. The van der Waals surface area contributed by atoms with Gasteiger partial charge in [-0.2, -0.15) is 14.9 Å². The molecule has 0 aromatic carbocycles. The zero-order valence-corrected chi connectivity index (χ0v) is 19.0. The number of anilines is 1. The van der Waals surface area contributed by atoms with Crippen LogP contribution in [0.5, 0.6) is 0 Å². The Morgan fingerprint density at radius 3 is 2.37 bits per heavy atom. The highest BCUT2D eigenvalue weighted by atomic mass is 32.2. The second kappa shape index (κ2) is 12.4. The fourth-order valence-corrected chi connectivity index (χ4v) is 3.89. The van der Waals surface area contributed by atoms with E-state index in [9.17, 15) is 9.59 Å². The second-order valence-electron chi connectivity index (χ2n) is 7.33. The maximum atomic E-state index is 12.8. The normalized spacial score (nSPS) is 11.0. The van der Waals surface area contributed by atoms with Gasteiger partial charge in [0.15, 0.2) is 5.69 Å². The molecule has 0 unspecified atom stereocenters. The first kappa shape index (κ1) is 24.0. The van der Waals surface area contributed by atoms with Crippen LogP contribution in [0.3, 0.4) is 0 Å². The van der Waals surface area contributed by atoms with Crippen LogP contribution in [-0.2, 0) is 11.2 Å². The van der Waals surface area contributed by atoms with E-state index in [4.69, 9.17) is 10.5 Å². The lowest BCUT2D eigenvalue weighted by atomic mass is 10.1. The summed E-state index contributed by atoms with van der Waals surface area (Å²) in [7, 11) is 1.26. The molecule has 0 saturated carbocycles. The molecule has 166 valence electrons. The van der Waals surface area contributed by atoms with Crippen LogP contribution in [0.15, 0.2) is 11.1 Å². The molecule has 0 amide bonds. The Balaban J connectivity index is 1.87. The topological polar surface area (TPSA) is 116 Å². The van der Waals surface area contributed by atoms with Crippen LogP contribution in [-0.4, -0.2) is 45.2 Å². The number of esters is 1. The number of H-pyrrole nitrogens is 1. The first-order valence-corrected chi connectivity index (χ1v) is 11.9. The number of hydrogen-bond acceptors (Lipinski definition) is 7. The predicted octanol–water partition coefficient (Wildman–Crippen LogP) is 4.46. The summed E-state index contributed by atoms with van der Waals surface area (Å²) in [6.07, 6.45) is 14.0. The van der Waals surface area contributed by atoms with Gasteiger partial charge < -0.3 is 10.5 Å². The lowest BCUT2D eigenvalue weighted by Gasteiger charge is -2.01. The molecule has 2 rings (SSSR count). The summed E-state index contributed by atoms with van der Waals surface area (Å²) >= 11 is 1.22. The van der Waals surface area contributed by atoms with Crippen LogP contribution in [0.4, 0.5) is 5.82 Å². The van der Waals surface area contributed by atoms with Gasteiger partial charge in [0.2, 0.25) is 0 Å². The van der Waals surface area contributed by atoms with E-state index in [2.05, 4.69) is 22.2 Å². The van der Waals surface area contributed by atoms with Gasteiger partial charge in [0.1, 0.15) is 16.4 Å². The highest BCUT2D eigenvalue weighted by Gasteiger charge is 2.26. The molecular weight excluding hydrogens is 402 g/mol. The molecule has 0 fully saturated rings. The third-order valence-corrected chi connectivity index (χ3v) is 5.74. The van der Waals surface area contributed by atoms with Gasteiger partial charge in [0.05, 0.1) is 7.11 Å². The van der Waals surface area contributed by atoms with Gasteiger partial charge in [-0.25, -0.2) is 4.79 Å². The molecule has 0 spiro atoms. The average molecular weight is 436 g/mol. The smallest absolute Gasteiger partial charge is 0.344 e. The SMILES string of the molecule is CCCCCCCCCCCc1cc(C(=O)n2nc(SC)c(C(=O)OC)c2N)n[nH]1. The molecule has 8 nitrogen and oxygen atoms in total. The molecule has 0 aliphatic heterocycles. The van der Waals surface area contributed by atoms with E-state index in [1.54, 1.807) is 12.3 Å². The Morgan fingerprint density at radius 2 is 1.77 bits per heavy atom. The summed E-state index contributed by atoms with van der Waals surface area (Å²) < 4.78 is 5.75. The molecule has 9 heteroatoms. The summed E-state index contributed by atoms with van der Waals surface area (Å²) in [5, 5.41) is 11.5. The summed E-state index contributed by atoms with van der Waals surface area (Å²) in [4.78, 5) is 24.7. The summed E-state index contributed by atoms with van der Waals surface area (Å²) in [5.41, 5.74) is 7.22. The van der Waals surface area contributed by atoms with Crippen molar-refractivity contribution in [3.63, 3.8) is 0 Å². The molecule has 2 aromatic rings. The number of nitrogens with zero attached hydrogens (tertiary/aromatic N) is 3. The maximum absolute atomic E-state index is 12.8. The summed E-state index contributed by atoms with van der Waals surface area (Å²) in [6, 6.07) is 1.73. The number of aryl methyl sites for hydroxylation is 1. The quantitative estimate of drug-likeness (QED) is 0.271. The lowest BCUT2D eigenvalue weighted by molar-refractivity contribution is 0.0598. The van der Waals surface area contributed by atoms with Crippen LogP contribution >= 0.6 is 11.8 Å². The highest BCUT2D eigenvalue weighted by molar-refractivity contribution is 7.98. The predicted molar refractivity (Wildman–Crippen MR) is 119 cm³/mol. The number of unbranched alkanes of at least 4 members (excludes halogenated alkanes) is 8. The van der Waals surface area contributed by atoms with Crippen molar-refractivity contribution in [1.29, 1.82) is 0 Å². The van der Waals surface area contributed by atoms with Crippen molar-refractivity contribution < 1.29 is 14.3 Å². The molecule has 0 aliphatic carbocycles. The Kier molecular flexibility index (Phi) is 9.93. The van der Waals surface area contributed by atoms with E-state index < -0.39 is 11.9 Å². The van der Waals surface area contributed by atoms with Crippen molar-refractivity contribution in [1.82, 2.24) is 20.0 Å². The van der Waals surface area contributed by atoms with E-state index in [1.165, 1.54) is 70.2 Å². The van der Waals surface area contributed by atoms with Gasteiger partial charge in [-0.05, 0) is 25.2 Å². The van der Waals surface area contributed by atoms with Crippen molar-refractivity contribution in [2.24, 2.45) is 0 Å². The lowest BCUT2D eigenvalue weighted by Crippen LogP contribution is -2.17. The van der Waals surface area contributed by atoms with Gasteiger partial charge in [0, 0.05) is 5.69 Å². The van der Waals surface area contributed by atoms with E-state index in [1.807, 2.05) is 0 Å². The van der Waals surface area contributed by atoms with E-state index in [0.29, 0.717) is 5.03 Å². The number of carbonyl (C=O) groups is 2. The number of nitrogen functional groups attached to an aromatic ring is 1. The average Bonchev–Trinajstić information content (AvgIpc) is 3.36. The number of thioether (sulfide) groups is 1. The molecule has 30 heavy (non-hydrogen) atoms. The van der Waals surface area contributed by atoms with Crippen LogP contribution in [0.25, 0.3) is 0 Å². The third-order valence-electron chi connectivity index (χ3n) is 5.06. The van der Waals surface area contributed by atoms with Gasteiger partial charge in [0.25, 0.3) is 0 Å². The van der Waals surface area contributed by atoms with Crippen molar-refractivity contribution in [2.45, 2.75) is 76.2 Å². The van der Waals surface area contributed by atoms with E-state index in [-0.39, 0.29) is 17.1 Å². The van der Waals surface area contributed by atoms with Crippen molar-refractivity contribution >= 4 is 29.5 Å². The van der Waals surface area contributed by atoms with Crippen molar-refractivity contribution in [3.8, 4) is 0 Å². The number of carbonyl (C=O) groups excluding carboxylic acids is 2. The van der Waals surface area contributed by atoms with Crippen LogP contribution in [0.2, 0.25) is 0 Å². The molecule has 3 N–H and O–H groups in total. The molecule has 2 heterocycles. The first-order chi connectivity index (χ1) is 14.5. The van der Waals surface area contributed by atoms with Crippen molar-refractivity contribution in [2.75, 3.05) is 19.1 Å². The van der Waals surface area contributed by atoms with Crippen LogP contribution < -0.4 is 5.73 Å².